The number of imide groups is 1. The van der Waals surface area contributed by atoms with E-state index in [1.165, 1.54) is 16.7 Å². The summed E-state index contributed by atoms with van der Waals surface area (Å²) in [6.07, 6.45) is 6.18. The summed E-state index contributed by atoms with van der Waals surface area (Å²) in [4.78, 5) is 29.9. The summed E-state index contributed by atoms with van der Waals surface area (Å²) in [6, 6.07) is 3.48. The standard InChI is InChI=1S/C15H14N2O3S2/c1-9(2)17-14(18)11(21-15(17)19)8-10-5-6-13(20-10)22-12-4-3-7-16-12/h3,5-9H,4H2,1-2H3/b11-8-. The van der Waals surface area contributed by atoms with Crippen LogP contribution in [0, 0.1) is 0 Å². The molecule has 0 N–H and O–H groups in total. The summed E-state index contributed by atoms with van der Waals surface area (Å²) in [6.45, 7) is 3.63. The zero-order valence-corrected chi connectivity index (χ0v) is 13.7. The lowest BCUT2D eigenvalue weighted by Crippen LogP contribution is -2.34. The molecule has 3 rings (SSSR count). The third-order valence-corrected chi connectivity index (χ3v) is 4.86. The van der Waals surface area contributed by atoms with Crippen molar-refractivity contribution < 1.29 is 14.0 Å². The number of hydrogen-bond acceptors (Lipinski definition) is 6. The highest BCUT2D eigenvalue weighted by atomic mass is 32.2. The fourth-order valence-electron chi connectivity index (χ4n) is 2.05. The summed E-state index contributed by atoms with van der Waals surface area (Å²) >= 11 is 2.40. The van der Waals surface area contributed by atoms with Crippen LogP contribution in [0.1, 0.15) is 26.0 Å². The second-order valence-electron chi connectivity index (χ2n) is 5.02. The molecule has 0 saturated carbocycles. The molecular weight excluding hydrogens is 320 g/mol. The van der Waals surface area contributed by atoms with Gasteiger partial charge in [-0.1, -0.05) is 6.08 Å². The molecule has 1 fully saturated rings. The van der Waals surface area contributed by atoms with E-state index in [1.54, 1.807) is 18.3 Å². The largest absolute Gasteiger partial charge is 0.450 e. The molecule has 0 aromatic carbocycles. The summed E-state index contributed by atoms with van der Waals surface area (Å²) in [5, 5.41) is 1.46. The van der Waals surface area contributed by atoms with Gasteiger partial charge in [0.2, 0.25) is 0 Å². The number of nitrogens with zero attached hydrogens (tertiary/aromatic N) is 2. The Morgan fingerprint density at radius 1 is 1.41 bits per heavy atom. The Labute approximate surface area is 136 Å². The summed E-state index contributed by atoms with van der Waals surface area (Å²) < 4.78 is 5.67. The molecule has 0 bridgehead atoms. The van der Waals surface area contributed by atoms with Crippen molar-refractivity contribution in [3.05, 3.63) is 35.1 Å². The average Bonchev–Trinajstić information content (AvgIpc) is 3.14. The molecule has 0 spiro atoms. The Hall–Kier alpha value is -1.73. The molecule has 0 atom stereocenters. The van der Waals surface area contributed by atoms with E-state index < -0.39 is 0 Å². The summed E-state index contributed by atoms with van der Waals surface area (Å²) in [5.41, 5.74) is 0. The summed E-state index contributed by atoms with van der Waals surface area (Å²) in [7, 11) is 0. The van der Waals surface area contributed by atoms with Gasteiger partial charge >= 0.3 is 0 Å². The van der Waals surface area contributed by atoms with Gasteiger partial charge < -0.3 is 4.42 Å². The number of amides is 2. The van der Waals surface area contributed by atoms with Crippen LogP contribution in [-0.4, -0.2) is 27.1 Å². The molecule has 0 aliphatic carbocycles. The van der Waals surface area contributed by atoms with Gasteiger partial charge in [-0.15, -0.1) is 0 Å². The van der Waals surface area contributed by atoms with Crippen LogP contribution in [-0.2, 0) is 4.79 Å². The van der Waals surface area contributed by atoms with Gasteiger partial charge in [-0.2, -0.15) is 0 Å². The van der Waals surface area contributed by atoms with Crippen LogP contribution in [0.25, 0.3) is 6.08 Å². The van der Waals surface area contributed by atoms with Gasteiger partial charge in [0.05, 0.1) is 9.95 Å². The molecule has 5 nitrogen and oxygen atoms in total. The first-order chi connectivity index (χ1) is 10.5. The van der Waals surface area contributed by atoms with E-state index in [4.69, 9.17) is 4.42 Å². The van der Waals surface area contributed by atoms with Crippen LogP contribution in [0.5, 0.6) is 0 Å². The molecule has 2 amide bonds. The smallest absolute Gasteiger partial charge is 0.293 e. The van der Waals surface area contributed by atoms with Crippen molar-refractivity contribution >= 4 is 45.8 Å². The normalized spacial score (nSPS) is 19.9. The van der Waals surface area contributed by atoms with Crippen molar-refractivity contribution in [3.63, 3.8) is 0 Å². The van der Waals surface area contributed by atoms with E-state index in [9.17, 15) is 9.59 Å². The Kier molecular flexibility index (Phi) is 4.26. The highest BCUT2D eigenvalue weighted by Crippen LogP contribution is 2.34. The number of thioether (sulfide) groups is 2. The molecule has 3 heterocycles. The van der Waals surface area contributed by atoms with Gasteiger partial charge in [0, 0.05) is 24.7 Å². The highest BCUT2D eigenvalue weighted by molar-refractivity contribution is 8.18. The fraction of sp³-hybridized carbons (Fsp3) is 0.267. The maximum absolute atomic E-state index is 12.2. The third kappa shape index (κ3) is 3.05. The number of carbonyl (C=O) groups is 2. The first-order valence-electron chi connectivity index (χ1n) is 6.81. The number of hydrogen-bond donors (Lipinski definition) is 0. The lowest BCUT2D eigenvalue weighted by atomic mass is 10.3. The second-order valence-corrected chi connectivity index (χ2v) is 7.09. The molecule has 0 unspecified atom stereocenters. The van der Waals surface area contributed by atoms with Crippen molar-refractivity contribution in [1.82, 2.24) is 4.90 Å². The minimum atomic E-state index is -0.264. The highest BCUT2D eigenvalue weighted by Gasteiger charge is 2.36. The zero-order valence-electron chi connectivity index (χ0n) is 12.1. The van der Waals surface area contributed by atoms with Crippen molar-refractivity contribution in [1.29, 1.82) is 0 Å². The van der Waals surface area contributed by atoms with Crippen LogP contribution in [0.4, 0.5) is 4.79 Å². The Bertz CT molecular complexity index is 716. The second kappa shape index (κ2) is 6.18. The Balaban J connectivity index is 1.74. The van der Waals surface area contributed by atoms with Crippen LogP contribution in [0.15, 0.2) is 43.8 Å². The lowest BCUT2D eigenvalue weighted by molar-refractivity contribution is -0.123. The van der Waals surface area contributed by atoms with Crippen LogP contribution in [0.2, 0.25) is 0 Å². The van der Waals surface area contributed by atoms with E-state index in [2.05, 4.69) is 4.99 Å². The molecule has 0 radical (unpaired) electrons. The van der Waals surface area contributed by atoms with Crippen LogP contribution in [0.3, 0.4) is 0 Å². The number of aliphatic imine (C=N–C) groups is 1. The van der Waals surface area contributed by atoms with Crippen molar-refractivity contribution in [2.24, 2.45) is 4.99 Å². The molecule has 1 aromatic rings. The van der Waals surface area contributed by atoms with Gasteiger partial charge in [-0.25, -0.2) is 0 Å². The van der Waals surface area contributed by atoms with Gasteiger partial charge in [0.25, 0.3) is 11.1 Å². The number of furan rings is 1. The van der Waals surface area contributed by atoms with Crippen molar-refractivity contribution in [2.45, 2.75) is 31.4 Å². The minimum Gasteiger partial charge on any atom is -0.450 e. The topological polar surface area (TPSA) is 62.9 Å². The molecular formula is C15H14N2O3S2. The average molecular weight is 334 g/mol. The molecule has 7 heteroatoms. The molecule has 1 saturated heterocycles. The Morgan fingerprint density at radius 3 is 2.86 bits per heavy atom. The number of carbonyl (C=O) groups excluding carboxylic acids is 2. The fourth-order valence-corrected chi connectivity index (χ4v) is 3.79. The number of rotatable bonds is 3. The first kappa shape index (κ1) is 15.2. The van der Waals surface area contributed by atoms with Crippen molar-refractivity contribution in [3.8, 4) is 0 Å². The molecule has 114 valence electrons. The van der Waals surface area contributed by atoms with Gasteiger partial charge in [-0.3, -0.25) is 19.5 Å². The van der Waals surface area contributed by atoms with Gasteiger partial charge in [-0.05, 0) is 49.5 Å². The maximum atomic E-state index is 12.2. The molecule has 22 heavy (non-hydrogen) atoms. The van der Waals surface area contributed by atoms with Gasteiger partial charge in [0.1, 0.15) is 5.76 Å². The van der Waals surface area contributed by atoms with E-state index >= 15 is 0 Å². The van der Waals surface area contributed by atoms with Crippen molar-refractivity contribution in [2.75, 3.05) is 0 Å². The van der Waals surface area contributed by atoms with Gasteiger partial charge in [0.15, 0.2) is 5.09 Å². The van der Waals surface area contributed by atoms with E-state index in [0.29, 0.717) is 10.7 Å². The number of allylic oxidation sites excluding steroid dienone is 1. The molecule has 1 aromatic heterocycles. The summed E-state index contributed by atoms with van der Waals surface area (Å²) in [5.74, 6) is 0.295. The monoisotopic (exact) mass is 334 g/mol. The third-order valence-electron chi connectivity index (χ3n) is 3.05. The van der Waals surface area contributed by atoms with Crippen LogP contribution < -0.4 is 0 Å². The first-order valence-corrected chi connectivity index (χ1v) is 8.44. The van der Waals surface area contributed by atoms with E-state index in [1.807, 2.05) is 26.0 Å². The lowest BCUT2D eigenvalue weighted by Gasteiger charge is -2.16. The Morgan fingerprint density at radius 2 is 2.23 bits per heavy atom. The minimum absolute atomic E-state index is 0.144. The van der Waals surface area contributed by atoms with E-state index in [0.717, 1.165) is 28.3 Å². The van der Waals surface area contributed by atoms with E-state index in [-0.39, 0.29) is 17.2 Å². The SMILES string of the molecule is CC(C)N1C(=O)S/C(=C\c2ccc(SC3=NC=CC3)o2)C1=O. The predicted molar refractivity (Wildman–Crippen MR) is 88.7 cm³/mol. The quantitative estimate of drug-likeness (QED) is 0.778. The maximum Gasteiger partial charge on any atom is 0.293 e. The molecule has 2 aliphatic heterocycles. The molecule has 2 aliphatic rings. The zero-order chi connectivity index (χ0) is 15.7. The predicted octanol–water partition coefficient (Wildman–Crippen LogP) is 4.13. The van der Waals surface area contributed by atoms with Crippen LogP contribution >= 0.6 is 23.5 Å².